The van der Waals surface area contributed by atoms with E-state index in [4.69, 9.17) is 4.98 Å². The standard InChI is InChI=1S/C29H32F2N6O3S/c1-17(2)10-19(12-32)28(40)36-9-3-4-20(36)14-37-23-6-5-18(13-35-15-21(38)16-35)11-22(23)33-29(37)34-27(39)25-8-7-24(41-25)26(30)31/h5-8,10-11,17,20-21,26,38H,3-4,9,13-16H2,1-2H3,(H,33,34,39)/t20-/m1/s1. The summed E-state index contributed by atoms with van der Waals surface area (Å²) in [5.41, 5.74) is 2.52. The second-order valence-electron chi connectivity index (χ2n) is 10.9. The summed E-state index contributed by atoms with van der Waals surface area (Å²) in [6.45, 7) is 6.55. The smallest absolute Gasteiger partial charge is 0.272 e. The lowest BCUT2D eigenvalue weighted by atomic mass is 10.1. The van der Waals surface area contributed by atoms with Gasteiger partial charge < -0.3 is 14.6 Å². The highest BCUT2D eigenvalue weighted by Crippen LogP contribution is 2.30. The Kier molecular flexibility index (Phi) is 8.49. The molecule has 3 aromatic rings. The number of benzene rings is 1. The van der Waals surface area contributed by atoms with E-state index in [1.165, 1.54) is 12.1 Å². The van der Waals surface area contributed by atoms with E-state index < -0.39 is 12.3 Å². The van der Waals surface area contributed by atoms with Crippen molar-refractivity contribution in [2.45, 2.75) is 58.3 Å². The monoisotopic (exact) mass is 582 g/mol. The molecule has 2 saturated heterocycles. The number of β-amino-alcohol motifs (C(OH)–C–C–N with tert-alkyl or cyclic N) is 1. The summed E-state index contributed by atoms with van der Waals surface area (Å²) in [5, 5.41) is 22.0. The van der Waals surface area contributed by atoms with Gasteiger partial charge in [0.25, 0.3) is 18.2 Å². The van der Waals surface area contributed by atoms with Crippen LogP contribution in [-0.2, 0) is 17.9 Å². The van der Waals surface area contributed by atoms with Crippen molar-refractivity contribution >= 4 is 40.1 Å². The number of alkyl halides is 2. The van der Waals surface area contributed by atoms with Crippen molar-refractivity contribution in [1.82, 2.24) is 19.4 Å². The highest BCUT2D eigenvalue weighted by molar-refractivity contribution is 7.14. The zero-order valence-electron chi connectivity index (χ0n) is 22.9. The molecular weight excluding hydrogens is 550 g/mol. The Hall–Kier alpha value is -3.66. The van der Waals surface area contributed by atoms with Crippen LogP contribution < -0.4 is 5.32 Å². The molecule has 0 unspecified atom stereocenters. The minimum Gasteiger partial charge on any atom is -0.390 e. The van der Waals surface area contributed by atoms with Gasteiger partial charge >= 0.3 is 0 Å². The van der Waals surface area contributed by atoms with Gasteiger partial charge in [0.05, 0.1) is 32.9 Å². The Morgan fingerprint density at radius 1 is 1.27 bits per heavy atom. The molecule has 2 aliphatic heterocycles. The first kappa shape index (κ1) is 28.9. The number of aliphatic hydroxyl groups excluding tert-OH is 1. The van der Waals surface area contributed by atoms with E-state index in [0.29, 0.717) is 38.2 Å². The Morgan fingerprint density at radius 2 is 2.05 bits per heavy atom. The molecule has 0 saturated carbocycles. The molecule has 2 N–H and O–H groups in total. The summed E-state index contributed by atoms with van der Waals surface area (Å²) in [7, 11) is 0. The van der Waals surface area contributed by atoms with Crippen LogP contribution in [0, 0.1) is 17.2 Å². The number of nitriles is 1. The molecule has 0 bridgehead atoms. The lowest BCUT2D eigenvalue weighted by Gasteiger charge is -2.35. The van der Waals surface area contributed by atoms with E-state index in [0.717, 1.165) is 35.3 Å². The zero-order chi connectivity index (χ0) is 29.3. The van der Waals surface area contributed by atoms with E-state index in [2.05, 4.69) is 10.2 Å². The Balaban J connectivity index is 1.45. The number of nitrogens with one attached hydrogen (secondary N) is 1. The van der Waals surface area contributed by atoms with Gasteiger partial charge in [-0.25, -0.2) is 13.8 Å². The first-order valence-corrected chi connectivity index (χ1v) is 14.5. The number of carbonyl (C=O) groups is 2. The number of allylic oxidation sites excluding steroid dienone is 1. The van der Waals surface area contributed by atoms with Crippen LogP contribution in [0.4, 0.5) is 14.7 Å². The van der Waals surface area contributed by atoms with Crippen LogP contribution >= 0.6 is 11.3 Å². The number of hydrogen-bond acceptors (Lipinski definition) is 7. The quantitative estimate of drug-likeness (QED) is 0.282. The van der Waals surface area contributed by atoms with Gasteiger partial charge in [-0.05, 0) is 48.6 Å². The van der Waals surface area contributed by atoms with Gasteiger partial charge in [-0.3, -0.25) is 19.8 Å². The number of thiophene rings is 1. The summed E-state index contributed by atoms with van der Waals surface area (Å²) in [6, 6.07) is 10.3. The molecule has 0 aliphatic carbocycles. The minimum absolute atomic E-state index is 0.0469. The third-order valence-electron chi connectivity index (χ3n) is 7.33. The number of likely N-dealkylation sites (tertiary alicyclic amines) is 2. The van der Waals surface area contributed by atoms with Crippen LogP contribution in [0.25, 0.3) is 11.0 Å². The average molecular weight is 583 g/mol. The molecule has 0 radical (unpaired) electrons. The molecule has 41 heavy (non-hydrogen) atoms. The largest absolute Gasteiger partial charge is 0.390 e. The van der Waals surface area contributed by atoms with E-state index in [-0.39, 0.29) is 45.2 Å². The van der Waals surface area contributed by atoms with Crippen LogP contribution in [0.5, 0.6) is 0 Å². The summed E-state index contributed by atoms with van der Waals surface area (Å²) >= 11 is 0.732. The topological polar surface area (TPSA) is 114 Å². The van der Waals surface area contributed by atoms with Crippen LogP contribution in [0.15, 0.2) is 42.0 Å². The average Bonchev–Trinajstić information content (AvgIpc) is 3.65. The molecular formula is C29H32F2N6O3S. The van der Waals surface area contributed by atoms with Crippen molar-refractivity contribution in [2.24, 2.45) is 5.92 Å². The number of aliphatic hydroxyl groups is 1. The van der Waals surface area contributed by atoms with Crippen molar-refractivity contribution in [3.05, 3.63) is 57.3 Å². The number of carbonyl (C=O) groups excluding carboxylic acids is 2. The molecule has 12 heteroatoms. The van der Waals surface area contributed by atoms with Gasteiger partial charge in [0, 0.05) is 32.7 Å². The molecule has 2 fully saturated rings. The number of hydrogen-bond donors (Lipinski definition) is 2. The lowest BCUT2D eigenvalue weighted by molar-refractivity contribution is -0.127. The zero-order valence-corrected chi connectivity index (χ0v) is 23.7. The number of imidazole rings is 1. The molecule has 216 valence electrons. The number of fused-ring (bicyclic) bond motifs is 1. The van der Waals surface area contributed by atoms with E-state index in [1.807, 2.05) is 42.7 Å². The molecule has 4 heterocycles. The summed E-state index contributed by atoms with van der Waals surface area (Å²) in [5.74, 6) is -0.549. The second kappa shape index (κ2) is 12.1. The minimum atomic E-state index is -2.66. The first-order chi connectivity index (χ1) is 19.6. The highest BCUT2D eigenvalue weighted by Gasteiger charge is 2.32. The van der Waals surface area contributed by atoms with E-state index in [9.17, 15) is 28.7 Å². The van der Waals surface area contributed by atoms with Gasteiger partial charge in [0.15, 0.2) is 0 Å². The fraction of sp³-hybridized carbons (Fsp3) is 0.448. The molecule has 0 spiro atoms. The van der Waals surface area contributed by atoms with Crippen LogP contribution in [-0.4, -0.2) is 68.1 Å². The highest BCUT2D eigenvalue weighted by atomic mass is 32.1. The molecule has 1 aromatic carbocycles. The lowest BCUT2D eigenvalue weighted by Crippen LogP contribution is -2.49. The number of aromatic nitrogens is 2. The third-order valence-corrected chi connectivity index (χ3v) is 8.42. The van der Waals surface area contributed by atoms with Gasteiger partial charge in [-0.2, -0.15) is 5.26 Å². The molecule has 5 rings (SSSR count). The SMILES string of the molecule is CC(C)C=C(C#N)C(=O)N1CCC[C@@H]1Cn1c(NC(=O)c2ccc(C(F)F)s2)nc2cc(CN3CC(O)C3)ccc21. The maximum atomic E-state index is 13.3. The second-order valence-corrected chi connectivity index (χ2v) is 12.0. The number of amides is 2. The molecule has 2 aromatic heterocycles. The van der Waals surface area contributed by atoms with Gasteiger partial charge in [-0.1, -0.05) is 26.0 Å². The van der Waals surface area contributed by atoms with Crippen molar-refractivity contribution in [3.63, 3.8) is 0 Å². The van der Waals surface area contributed by atoms with Crippen molar-refractivity contribution in [2.75, 3.05) is 25.0 Å². The van der Waals surface area contributed by atoms with Crippen LogP contribution in [0.3, 0.4) is 0 Å². The summed E-state index contributed by atoms with van der Waals surface area (Å²) in [4.78, 5) is 34.8. The summed E-state index contributed by atoms with van der Waals surface area (Å²) < 4.78 is 28.1. The number of nitrogens with zero attached hydrogens (tertiary/aromatic N) is 5. The number of halogens is 2. The fourth-order valence-corrected chi connectivity index (χ4v) is 6.15. The van der Waals surface area contributed by atoms with Gasteiger partial charge in [0.2, 0.25) is 5.95 Å². The van der Waals surface area contributed by atoms with Crippen molar-refractivity contribution < 1.29 is 23.5 Å². The van der Waals surface area contributed by atoms with Crippen molar-refractivity contribution in [1.29, 1.82) is 5.26 Å². The predicted molar refractivity (Wildman–Crippen MR) is 152 cm³/mol. The van der Waals surface area contributed by atoms with Crippen LogP contribution in [0.1, 0.15) is 53.2 Å². The van der Waals surface area contributed by atoms with E-state index >= 15 is 0 Å². The number of rotatable bonds is 9. The molecule has 1 atom stereocenters. The van der Waals surface area contributed by atoms with Crippen LogP contribution in [0.2, 0.25) is 0 Å². The summed E-state index contributed by atoms with van der Waals surface area (Å²) in [6.07, 6.45) is 0.200. The Labute approximate surface area is 240 Å². The van der Waals surface area contributed by atoms with Crippen molar-refractivity contribution in [3.8, 4) is 6.07 Å². The normalized spacial score (nSPS) is 18.3. The maximum absolute atomic E-state index is 13.3. The molecule has 2 aliphatic rings. The van der Waals surface area contributed by atoms with Gasteiger partial charge in [0.1, 0.15) is 11.6 Å². The Bertz CT molecular complexity index is 1520. The predicted octanol–water partition coefficient (Wildman–Crippen LogP) is 4.56. The fourth-order valence-electron chi connectivity index (χ4n) is 5.39. The van der Waals surface area contributed by atoms with E-state index in [1.54, 1.807) is 11.0 Å². The van der Waals surface area contributed by atoms with Gasteiger partial charge in [-0.15, -0.1) is 11.3 Å². The molecule has 9 nitrogen and oxygen atoms in total. The first-order valence-electron chi connectivity index (χ1n) is 13.6. The maximum Gasteiger partial charge on any atom is 0.272 e. The number of anilines is 1. The molecule has 2 amide bonds. The Morgan fingerprint density at radius 3 is 2.71 bits per heavy atom. The third kappa shape index (κ3) is 6.32.